The largest absolute Gasteiger partial charge is 0.372 e. The van der Waals surface area contributed by atoms with Crippen molar-refractivity contribution < 1.29 is 9.59 Å². The lowest BCUT2D eigenvalue weighted by Crippen LogP contribution is -2.42. The Morgan fingerprint density at radius 1 is 1.12 bits per heavy atom. The summed E-state index contributed by atoms with van der Waals surface area (Å²) in [6.45, 7) is 8.22. The van der Waals surface area contributed by atoms with E-state index < -0.39 is 6.04 Å². The number of para-hydroxylation sites is 2. The lowest BCUT2D eigenvalue weighted by molar-refractivity contribution is -0.125. The summed E-state index contributed by atoms with van der Waals surface area (Å²) >= 11 is 0. The summed E-state index contributed by atoms with van der Waals surface area (Å²) in [6, 6.07) is 6.99. The van der Waals surface area contributed by atoms with Crippen LogP contribution in [0, 0.1) is 0 Å². The van der Waals surface area contributed by atoms with E-state index in [1.165, 1.54) is 0 Å². The molecule has 1 aromatic rings. The number of benzene rings is 1. The van der Waals surface area contributed by atoms with Crippen molar-refractivity contribution in [3.8, 4) is 0 Å². The Labute approximate surface area is 150 Å². The molecule has 2 rings (SSSR count). The van der Waals surface area contributed by atoms with Crippen LogP contribution < -0.4 is 16.0 Å². The van der Waals surface area contributed by atoms with Crippen LogP contribution in [0.4, 0.5) is 11.4 Å². The molecule has 0 aliphatic carbocycles. The highest BCUT2D eigenvalue weighted by atomic mass is 16.2. The predicted octanol–water partition coefficient (Wildman–Crippen LogP) is 2.44. The Balaban J connectivity index is 1.71. The van der Waals surface area contributed by atoms with Gasteiger partial charge in [-0.3, -0.25) is 9.59 Å². The first-order chi connectivity index (χ1) is 12.1. The first kappa shape index (κ1) is 19.2. The van der Waals surface area contributed by atoms with Crippen molar-refractivity contribution in [1.82, 2.24) is 10.2 Å². The molecule has 6 nitrogen and oxygen atoms in total. The first-order valence-electron chi connectivity index (χ1n) is 9.29. The van der Waals surface area contributed by atoms with Crippen LogP contribution in [0.2, 0.25) is 0 Å². The van der Waals surface area contributed by atoms with Gasteiger partial charge in [0.1, 0.15) is 6.04 Å². The lowest BCUT2D eigenvalue weighted by atomic mass is 10.1. The SMILES string of the molecule is CCCN(CCC)CCCNC(=O)C[C@H]1Nc2ccccc2NC1=O. The third kappa shape index (κ3) is 6.05. The lowest BCUT2D eigenvalue weighted by Gasteiger charge is -2.26. The van der Waals surface area contributed by atoms with E-state index in [-0.39, 0.29) is 18.2 Å². The van der Waals surface area contributed by atoms with Gasteiger partial charge in [0.2, 0.25) is 11.8 Å². The van der Waals surface area contributed by atoms with Crippen LogP contribution in [-0.2, 0) is 9.59 Å². The molecule has 2 amide bonds. The Kier molecular flexibility index (Phi) is 7.73. The number of carbonyl (C=O) groups is 2. The molecule has 1 heterocycles. The van der Waals surface area contributed by atoms with Gasteiger partial charge in [0.25, 0.3) is 0 Å². The molecule has 0 unspecified atom stereocenters. The molecule has 0 fully saturated rings. The van der Waals surface area contributed by atoms with Crippen LogP contribution >= 0.6 is 0 Å². The molecule has 0 saturated heterocycles. The van der Waals surface area contributed by atoms with Crippen molar-refractivity contribution in [2.75, 3.05) is 36.8 Å². The summed E-state index contributed by atoms with van der Waals surface area (Å²) < 4.78 is 0. The van der Waals surface area contributed by atoms with Gasteiger partial charge in [0, 0.05) is 6.54 Å². The van der Waals surface area contributed by atoms with E-state index in [1.807, 2.05) is 24.3 Å². The molecule has 6 heteroatoms. The second-order valence-electron chi connectivity index (χ2n) is 6.48. The van der Waals surface area contributed by atoms with Crippen molar-refractivity contribution in [3.05, 3.63) is 24.3 Å². The number of fused-ring (bicyclic) bond motifs is 1. The zero-order chi connectivity index (χ0) is 18.1. The minimum absolute atomic E-state index is 0.0930. The van der Waals surface area contributed by atoms with Gasteiger partial charge in [-0.25, -0.2) is 0 Å². The Hall–Kier alpha value is -2.08. The van der Waals surface area contributed by atoms with Crippen LogP contribution in [0.1, 0.15) is 39.5 Å². The van der Waals surface area contributed by atoms with E-state index >= 15 is 0 Å². The van der Waals surface area contributed by atoms with Gasteiger partial charge < -0.3 is 20.9 Å². The summed E-state index contributed by atoms with van der Waals surface area (Å²) in [4.78, 5) is 26.6. The molecule has 1 aliphatic heterocycles. The second kappa shape index (κ2) is 10.0. The number of hydrogen-bond acceptors (Lipinski definition) is 4. The number of nitrogens with one attached hydrogen (secondary N) is 3. The molecular formula is C19H30N4O2. The van der Waals surface area contributed by atoms with Crippen LogP contribution in [0.25, 0.3) is 0 Å². The Bertz CT molecular complexity index is 570. The van der Waals surface area contributed by atoms with E-state index in [0.29, 0.717) is 6.54 Å². The zero-order valence-corrected chi connectivity index (χ0v) is 15.3. The zero-order valence-electron chi connectivity index (χ0n) is 15.3. The fourth-order valence-electron chi connectivity index (χ4n) is 3.09. The topological polar surface area (TPSA) is 73.5 Å². The summed E-state index contributed by atoms with van der Waals surface area (Å²) in [5.74, 6) is -0.254. The molecule has 0 saturated carbocycles. The fraction of sp³-hybridized carbons (Fsp3) is 0.579. The molecule has 25 heavy (non-hydrogen) atoms. The van der Waals surface area contributed by atoms with Gasteiger partial charge in [-0.05, 0) is 51.0 Å². The molecule has 1 aliphatic rings. The Morgan fingerprint density at radius 3 is 2.48 bits per heavy atom. The van der Waals surface area contributed by atoms with Crippen molar-refractivity contribution >= 4 is 23.2 Å². The monoisotopic (exact) mass is 346 g/mol. The number of amides is 2. The number of rotatable bonds is 10. The molecule has 0 bridgehead atoms. The molecule has 0 spiro atoms. The maximum atomic E-state index is 12.1. The highest BCUT2D eigenvalue weighted by Crippen LogP contribution is 2.26. The fourth-order valence-corrected chi connectivity index (χ4v) is 3.09. The molecular weight excluding hydrogens is 316 g/mol. The highest BCUT2D eigenvalue weighted by molar-refractivity contribution is 6.04. The van der Waals surface area contributed by atoms with Gasteiger partial charge >= 0.3 is 0 Å². The van der Waals surface area contributed by atoms with Crippen molar-refractivity contribution in [2.45, 2.75) is 45.6 Å². The normalized spacial score (nSPS) is 16.1. The summed E-state index contributed by atoms with van der Waals surface area (Å²) in [6.07, 6.45) is 3.37. The molecule has 0 aromatic heterocycles. The second-order valence-corrected chi connectivity index (χ2v) is 6.48. The average Bonchev–Trinajstić information content (AvgIpc) is 2.59. The van der Waals surface area contributed by atoms with E-state index in [0.717, 1.165) is 50.3 Å². The molecule has 1 aromatic carbocycles. The Morgan fingerprint density at radius 2 is 1.80 bits per heavy atom. The van der Waals surface area contributed by atoms with Gasteiger partial charge in [-0.1, -0.05) is 26.0 Å². The molecule has 3 N–H and O–H groups in total. The van der Waals surface area contributed by atoms with Crippen molar-refractivity contribution in [2.24, 2.45) is 0 Å². The molecule has 138 valence electrons. The first-order valence-corrected chi connectivity index (χ1v) is 9.29. The maximum Gasteiger partial charge on any atom is 0.247 e. The van der Waals surface area contributed by atoms with Crippen molar-refractivity contribution in [3.63, 3.8) is 0 Å². The molecule has 1 atom stereocenters. The minimum atomic E-state index is -0.522. The van der Waals surface area contributed by atoms with Gasteiger partial charge in [-0.2, -0.15) is 0 Å². The van der Waals surface area contributed by atoms with Crippen LogP contribution in [0.5, 0.6) is 0 Å². The number of anilines is 2. The summed E-state index contributed by atoms with van der Waals surface area (Å²) in [7, 11) is 0. The smallest absolute Gasteiger partial charge is 0.247 e. The van der Waals surface area contributed by atoms with Gasteiger partial charge in [0.15, 0.2) is 0 Å². The van der Waals surface area contributed by atoms with E-state index in [9.17, 15) is 9.59 Å². The summed E-state index contributed by atoms with van der Waals surface area (Å²) in [5, 5.41) is 8.90. The van der Waals surface area contributed by atoms with Crippen LogP contribution in [0.15, 0.2) is 24.3 Å². The maximum absolute atomic E-state index is 12.1. The minimum Gasteiger partial charge on any atom is -0.372 e. The summed E-state index contributed by atoms with van der Waals surface area (Å²) in [5.41, 5.74) is 1.62. The third-order valence-corrected chi connectivity index (χ3v) is 4.27. The van der Waals surface area contributed by atoms with Gasteiger partial charge in [-0.15, -0.1) is 0 Å². The van der Waals surface area contributed by atoms with E-state index in [4.69, 9.17) is 0 Å². The number of carbonyl (C=O) groups excluding carboxylic acids is 2. The standard InChI is InChI=1S/C19H30N4O2/c1-3-11-23(12-4-2)13-7-10-20-18(24)14-17-19(25)22-16-9-6-5-8-15(16)21-17/h5-6,8-9,17,21H,3-4,7,10-14H2,1-2H3,(H,20,24)(H,22,25)/t17-/m1/s1. The van der Waals surface area contributed by atoms with Crippen LogP contribution in [0.3, 0.4) is 0 Å². The molecule has 0 radical (unpaired) electrons. The van der Waals surface area contributed by atoms with Crippen LogP contribution in [-0.4, -0.2) is 48.9 Å². The number of hydrogen-bond donors (Lipinski definition) is 3. The highest BCUT2D eigenvalue weighted by Gasteiger charge is 2.27. The third-order valence-electron chi connectivity index (χ3n) is 4.27. The van der Waals surface area contributed by atoms with E-state index in [1.54, 1.807) is 0 Å². The van der Waals surface area contributed by atoms with E-state index in [2.05, 4.69) is 34.7 Å². The predicted molar refractivity (Wildman–Crippen MR) is 102 cm³/mol. The van der Waals surface area contributed by atoms with Crippen molar-refractivity contribution in [1.29, 1.82) is 0 Å². The number of nitrogens with zero attached hydrogens (tertiary/aromatic N) is 1. The van der Waals surface area contributed by atoms with Gasteiger partial charge in [0.05, 0.1) is 17.8 Å². The average molecular weight is 346 g/mol. The quantitative estimate of drug-likeness (QED) is 0.569.